The molecule has 0 spiro atoms. The SMILES string of the molecule is COCCCNC(=S)N(C)NC(=O)c1ccc2c(c1)C(=O)N(CCCOC)C2=O. The van der Waals surface area contributed by atoms with Crippen LogP contribution in [0, 0.1) is 0 Å². The van der Waals surface area contributed by atoms with Gasteiger partial charge in [0.15, 0.2) is 5.11 Å². The van der Waals surface area contributed by atoms with Crippen LogP contribution in [0.4, 0.5) is 0 Å². The molecule has 1 aromatic carbocycles. The molecule has 3 amide bonds. The topological polar surface area (TPSA) is 100 Å². The second-order valence-electron chi connectivity index (χ2n) is 6.45. The number of carbonyl (C=O) groups is 3. The number of rotatable bonds is 9. The maximum atomic E-state index is 12.6. The molecule has 0 atom stereocenters. The fourth-order valence-electron chi connectivity index (χ4n) is 2.80. The van der Waals surface area contributed by atoms with Gasteiger partial charge in [-0.15, -0.1) is 0 Å². The molecule has 1 aliphatic heterocycles. The molecule has 2 N–H and O–H groups in total. The zero-order chi connectivity index (χ0) is 21.4. The van der Waals surface area contributed by atoms with E-state index in [-0.39, 0.29) is 23.6 Å². The van der Waals surface area contributed by atoms with Crippen molar-refractivity contribution >= 4 is 35.1 Å². The summed E-state index contributed by atoms with van der Waals surface area (Å²) in [6.07, 6.45) is 1.33. The first-order valence-corrected chi connectivity index (χ1v) is 9.62. The number of fused-ring (bicyclic) bond motifs is 1. The van der Waals surface area contributed by atoms with Gasteiger partial charge < -0.3 is 14.8 Å². The molecule has 1 aliphatic rings. The van der Waals surface area contributed by atoms with Crippen molar-refractivity contribution in [2.75, 3.05) is 47.6 Å². The van der Waals surface area contributed by atoms with Crippen LogP contribution in [0.25, 0.3) is 0 Å². The number of hydrogen-bond acceptors (Lipinski definition) is 6. The van der Waals surface area contributed by atoms with Crippen LogP contribution in [0.2, 0.25) is 0 Å². The highest BCUT2D eigenvalue weighted by atomic mass is 32.1. The predicted molar refractivity (Wildman–Crippen MR) is 111 cm³/mol. The van der Waals surface area contributed by atoms with E-state index >= 15 is 0 Å². The normalized spacial score (nSPS) is 12.7. The van der Waals surface area contributed by atoms with Crippen LogP contribution < -0.4 is 10.7 Å². The van der Waals surface area contributed by atoms with Crippen LogP contribution in [0.5, 0.6) is 0 Å². The maximum absolute atomic E-state index is 12.6. The number of carbonyl (C=O) groups excluding carboxylic acids is 3. The average molecular weight is 423 g/mol. The fourth-order valence-corrected chi connectivity index (χ4v) is 2.95. The molecular weight excluding hydrogens is 396 g/mol. The number of hydrogen-bond donors (Lipinski definition) is 2. The Balaban J connectivity index is 1.99. The van der Waals surface area contributed by atoms with Gasteiger partial charge in [-0.3, -0.25) is 29.7 Å². The lowest BCUT2D eigenvalue weighted by molar-refractivity contribution is 0.0638. The van der Waals surface area contributed by atoms with Gasteiger partial charge in [-0.25, -0.2) is 0 Å². The van der Waals surface area contributed by atoms with Gasteiger partial charge in [0.2, 0.25) is 0 Å². The van der Waals surface area contributed by atoms with Crippen molar-refractivity contribution in [2.45, 2.75) is 12.8 Å². The molecule has 0 radical (unpaired) electrons. The fraction of sp³-hybridized carbons (Fsp3) is 0.474. The quantitative estimate of drug-likeness (QED) is 0.261. The Kier molecular flexibility index (Phi) is 8.50. The summed E-state index contributed by atoms with van der Waals surface area (Å²) in [7, 11) is 4.80. The van der Waals surface area contributed by atoms with E-state index in [4.69, 9.17) is 21.7 Å². The van der Waals surface area contributed by atoms with Crippen molar-refractivity contribution < 1.29 is 23.9 Å². The van der Waals surface area contributed by atoms with Crippen LogP contribution in [-0.4, -0.2) is 80.3 Å². The van der Waals surface area contributed by atoms with Crippen LogP contribution in [0.15, 0.2) is 18.2 Å². The first-order chi connectivity index (χ1) is 13.9. The third-order valence-corrected chi connectivity index (χ3v) is 4.76. The van der Waals surface area contributed by atoms with E-state index in [1.165, 1.54) is 28.1 Å². The Hall–Kier alpha value is -2.56. The molecule has 9 nitrogen and oxygen atoms in total. The van der Waals surface area contributed by atoms with Crippen molar-refractivity contribution in [2.24, 2.45) is 0 Å². The summed E-state index contributed by atoms with van der Waals surface area (Å²) in [6.45, 7) is 1.94. The Labute approximate surface area is 175 Å². The van der Waals surface area contributed by atoms with E-state index < -0.39 is 11.8 Å². The highest BCUT2D eigenvalue weighted by molar-refractivity contribution is 7.80. The second-order valence-corrected chi connectivity index (χ2v) is 6.83. The van der Waals surface area contributed by atoms with Crippen molar-refractivity contribution in [1.29, 1.82) is 0 Å². The number of hydrazine groups is 1. The van der Waals surface area contributed by atoms with Gasteiger partial charge in [0.1, 0.15) is 0 Å². The van der Waals surface area contributed by atoms with E-state index in [9.17, 15) is 14.4 Å². The van der Waals surface area contributed by atoms with E-state index in [1.807, 2.05) is 0 Å². The maximum Gasteiger partial charge on any atom is 0.269 e. The molecule has 0 unspecified atom stereocenters. The van der Waals surface area contributed by atoms with Gasteiger partial charge in [0.25, 0.3) is 17.7 Å². The third-order valence-electron chi connectivity index (χ3n) is 4.34. The molecule has 0 aliphatic carbocycles. The van der Waals surface area contributed by atoms with Gasteiger partial charge in [-0.05, 0) is 43.3 Å². The molecule has 0 bridgehead atoms. The Bertz CT molecular complexity index is 786. The summed E-state index contributed by atoms with van der Waals surface area (Å²) < 4.78 is 9.93. The molecule has 0 aromatic heterocycles. The van der Waals surface area contributed by atoms with Gasteiger partial charge in [0.05, 0.1) is 11.1 Å². The van der Waals surface area contributed by atoms with Gasteiger partial charge in [0, 0.05) is 53.1 Å². The monoisotopic (exact) mass is 422 g/mol. The third kappa shape index (κ3) is 5.72. The van der Waals surface area contributed by atoms with Crippen molar-refractivity contribution in [3.8, 4) is 0 Å². The predicted octanol–water partition coefficient (Wildman–Crippen LogP) is 0.807. The van der Waals surface area contributed by atoms with Crippen LogP contribution in [-0.2, 0) is 9.47 Å². The van der Waals surface area contributed by atoms with E-state index in [2.05, 4.69) is 10.7 Å². The summed E-state index contributed by atoms with van der Waals surface area (Å²) >= 11 is 5.22. The Morgan fingerprint density at radius 1 is 1.10 bits per heavy atom. The van der Waals surface area contributed by atoms with Crippen molar-refractivity contribution in [1.82, 2.24) is 20.7 Å². The lowest BCUT2D eigenvalue weighted by Gasteiger charge is -2.21. The molecule has 2 rings (SSSR count). The number of nitrogens with one attached hydrogen (secondary N) is 2. The minimum absolute atomic E-state index is 0.225. The Morgan fingerprint density at radius 2 is 1.76 bits per heavy atom. The van der Waals surface area contributed by atoms with Crippen LogP contribution in [0.1, 0.15) is 43.9 Å². The molecule has 0 fully saturated rings. The number of thiocarbonyl (C=S) groups is 1. The van der Waals surface area contributed by atoms with Crippen molar-refractivity contribution in [3.63, 3.8) is 0 Å². The summed E-state index contributed by atoms with van der Waals surface area (Å²) in [5.74, 6) is -1.19. The van der Waals surface area contributed by atoms with Gasteiger partial charge in [-0.2, -0.15) is 0 Å². The molecule has 1 aromatic rings. The molecule has 1 heterocycles. The van der Waals surface area contributed by atoms with E-state index in [0.29, 0.717) is 36.9 Å². The molecule has 10 heteroatoms. The highest BCUT2D eigenvalue weighted by Gasteiger charge is 2.35. The van der Waals surface area contributed by atoms with Crippen LogP contribution >= 0.6 is 12.2 Å². The minimum atomic E-state index is -0.436. The molecule has 0 saturated heterocycles. The van der Waals surface area contributed by atoms with Gasteiger partial charge >= 0.3 is 0 Å². The highest BCUT2D eigenvalue weighted by Crippen LogP contribution is 2.24. The minimum Gasteiger partial charge on any atom is -0.385 e. The second kappa shape index (κ2) is 10.8. The first kappa shape index (κ1) is 22.7. The largest absolute Gasteiger partial charge is 0.385 e. The summed E-state index contributed by atoms with van der Waals surface area (Å²) in [6, 6.07) is 4.45. The number of methoxy groups -OCH3 is 2. The zero-order valence-corrected chi connectivity index (χ0v) is 17.6. The smallest absolute Gasteiger partial charge is 0.269 e. The first-order valence-electron chi connectivity index (χ1n) is 9.21. The van der Waals surface area contributed by atoms with Crippen LogP contribution in [0.3, 0.4) is 0 Å². The number of nitrogens with zero attached hydrogens (tertiary/aromatic N) is 2. The number of benzene rings is 1. The summed E-state index contributed by atoms with van der Waals surface area (Å²) in [5.41, 5.74) is 3.43. The average Bonchev–Trinajstić information content (AvgIpc) is 2.95. The number of imide groups is 1. The van der Waals surface area contributed by atoms with E-state index in [1.54, 1.807) is 21.3 Å². The molecule has 158 valence electrons. The van der Waals surface area contributed by atoms with E-state index in [0.717, 1.165) is 6.42 Å². The lowest BCUT2D eigenvalue weighted by Crippen LogP contribution is -2.48. The lowest BCUT2D eigenvalue weighted by atomic mass is 10.1. The number of ether oxygens (including phenoxy) is 2. The molecule has 29 heavy (non-hydrogen) atoms. The Morgan fingerprint density at radius 3 is 2.45 bits per heavy atom. The summed E-state index contributed by atoms with van der Waals surface area (Å²) in [4.78, 5) is 38.7. The van der Waals surface area contributed by atoms with Gasteiger partial charge in [-0.1, -0.05) is 0 Å². The summed E-state index contributed by atoms with van der Waals surface area (Å²) in [5, 5.41) is 4.75. The van der Waals surface area contributed by atoms with Crippen molar-refractivity contribution in [3.05, 3.63) is 34.9 Å². The standard InChI is InChI=1S/C19H26N4O5S/c1-22(19(29)20-8-4-10-27-2)21-16(24)13-6-7-14-15(12-13)18(26)23(17(14)25)9-5-11-28-3/h6-7,12H,4-5,8-11H2,1-3H3,(H,20,29)(H,21,24). The zero-order valence-electron chi connectivity index (χ0n) is 16.8. The molecule has 0 saturated carbocycles. The number of amides is 3. The molecular formula is C19H26N4O5S.